The fraction of sp³-hybridized carbons (Fsp3) is 0.565. The van der Waals surface area contributed by atoms with Gasteiger partial charge in [0.25, 0.3) is 0 Å². The van der Waals surface area contributed by atoms with Crippen LogP contribution in [0.5, 0.6) is 5.75 Å². The Balaban J connectivity index is 1.54. The minimum absolute atomic E-state index is 0.174. The number of ether oxygens (including phenoxy) is 2. The van der Waals surface area contributed by atoms with Crippen molar-refractivity contribution in [3.05, 3.63) is 34.8 Å². The van der Waals surface area contributed by atoms with Gasteiger partial charge in [-0.1, -0.05) is 63.7 Å². The first-order valence-electron chi connectivity index (χ1n) is 11.0. The lowest BCUT2D eigenvalue weighted by Crippen LogP contribution is -2.37. The minimum atomic E-state index is -0.716. The van der Waals surface area contributed by atoms with Gasteiger partial charge in [-0.2, -0.15) is 0 Å². The molecule has 8 nitrogen and oxygen atoms in total. The monoisotopic (exact) mass is 460 g/mol. The first-order valence-corrected chi connectivity index (χ1v) is 11.8. The van der Waals surface area contributed by atoms with Gasteiger partial charge in [-0.25, -0.2) is 9.69 Å². The smallest absolute Gasteiger partial charge is 0.329 e. The van der Waals surface area contributed by atoms with E-state index in [0.29, 0.717) is 18.2 Å². The van der Waals surface area contributed by atoms with Crippen molar-refractivity contribution in [2.45, 2.75) is 65.0 Å². The predicted molar refractivity (Wildman–Crippen MR) is 124 cm³/mol. The van der Waals surface area contributed by atoms with Crippen molar-refractivity contribution in [3.8, 4) is 5.75 Å². The molecule has 0 N–H and O–H groups in total. The summed E-state index contributed by atoms with van der Waals surface area (Å²) in [5.74, 6) is 0.497. The number of hydrogen-bond acceptors (Lipinski definition) is 7. The Morgan fingerprint density at radius 2 is 2.00 bits per heavy atom. The number of carbonyl (C=O) groups is 2. The average molecular weight is 461 g/mol. The number of hydrogen-bond donors (Lipinski definition) is 0. The zero-order chi connectivity index (χ0) is 23.3. The van der Waals surface area contributed by atoms with Gasteiger partial charge in [-0.3, -0.25) is 4.79 Å². The third-order valence-electron chi connectivity index (χ3n) is 5.05. The van der Waals surface area contributed by atoms with Crippen LogP contribution < -0.4 is 9.64 Å². The lowest BCUT2D eigenvalue weighted by atomic mass is 9.98. The van der Waals surface area contributed by atoms with E-state index < -0.39 is 6.23 Å². The molecule has 2 heterocycles. The summed E-state index contributed by atoms with van der Waals surface area (Å²) in [6.45, 7) is 8.96. The number of nitrogens with zero attached hydrogens (tertiary/aromatic N) is 4. The van der Waals surface area contributed by atoms with Gasteiger partial charge in [-0.05, 0) is 24.5 Å². The zero-order valence-corrected chi connectivity index (χ0v) is 20.3. The number of urea groups is 1. The van der Waals surface area contributed by atoms with Crippen LogP contribution >= 0.6 is 11.3 Å². The standard InChI is InChI=1S/C23H32N4O4S/c1-6-10-16-11-7-8-12-17(16)30-14-9-13-19(28)31-18-15-26(5)22(29)27(18)21-25-24-20(32-21)23(2,3)4/h7-8,11-12,18H,6,9-10,13-15H2,1-5H3. The first kappa shape index (κ1) is 24.0. The number of anilines is 1. The molecule has 0 spiro atoms. The van der Waals surface area contributed by atoms with E-state index in [2.05, 4.69) is 23.2 Å². The third kappa shape index (κ3) is 5.76. The van der Waals surface area contributed by atoms with E-state index in [1.54, 1.807) is 7.05 Å². The maximum Gasteiger partial charge on any atom is 0.329 e. The molecule has 1 aromatic carbocycles. The van der Waals surface area contributed by atoms with Crippen LogP contribution in [0.15, 0.2) is 24.3 Å². The first-order chi connectivity index (χ1) is 15.2. The SMILES string of the molecule is CCCc1ccccc1OCCCC(=O)OC1CN(C)C(=O)N1c1nnc(C(C)(C)C)s1. The normalized spacial score (nSPS) is 16.5. The van der Waals surface area contributed by atoms with Crippen molar-refractivity contribution >= 4 is 28.5 Å². The second-order valence-electron chi connectivity index (χ2n) is 8.93. The van der Waals surface area contributed by atoms with Gasteiger partial charge < -0.3 is 14.4 Å². The molecular weight excluding hydrogens is 428 g/mol. The van der Waals surface area contributed by atoms with E-state index in [0.717, 1.165) is 23.6 Å². The van der Waals surface area contributed by atoms with Gasteiger partial charge >= 0.3 is 12.0 Å². The Labute approximate surface area is 193 Å². The number of esters is 1. The zero-order valence-electron chi connectivity index (χ0n) is 19.5. The highest BCUT2D eigenvalue weighted by molar-refractivity contribution is 7.15. The van der Waals surface area contributed by atoms with Crippen molar-refractivity contribution < 1.29 is 19.1 Å². The lowest BCUT2D eigenvalue weighted by molar-refractivity contribution is -0.148. The second-order valence-corrected chi connectivity index (χ2v) is 9.88. The van der Waals surface area contributed by atoms with E-state index in [4.69, 9.17) is 9.47 Å². The number of para-hydroxylation sites is 1. The van der Waals surface area contributed by atoms with E-state index in [9.17, 15) is 9.59 Å². The van der Waals surface area contributed by atoms with Gasteiger partial charge in [0.1, 0.15) is 10.8 Å². The van der Waals surface area contributed by atoms with Crippen LogP contribution in [0.3, 0.4) is 0 Å². The van der Waals surface area contributed by atoms with Crippen LogP contribution in [0.4, 0.5) is 9.93 Å². The molecule has 174 valence electrons. The fourth-order valence-corrected chi connectivity index (χ4v) is 4.28. The Morgan fingerprint density at radius 1 is 1.25 bits per heavy atom. The van der Waals surface area contributed by atoms with Crippen LogP contribution in [0, 0.1) is 0 Å². The van der Waals surface area contributed by atoms with Crippen LogP contribution in [-0.4, -0.2) is 53.5 Å². The molecule has 0 aliphatic carbocycles. The van der Waals surface area contributed by atoms with Gasteiger partial charge in [-0.15, -0.1) is 10.2 Å². The second kappa shape index (κ2) is 10.3. The fourth-order valence-electron chi connectivity index (χ4n) is 3.34. The Bertz CT molecular complexity index is 940. The molecular formula is C23H32N4O4S. The largest absolute Gasteiger partial charge is 0.493 e. The minimum Gasteiger partial charge on any atom is -0.493 e. The molecule has 1 aliphatic rings. The molecule has 0 radical (unpaired) electrons. The highest BCUT2D eigenvalue weighted by Crippen LogP contribution is 2.33. The van der Waals surface area contributed by atoms with Crippen LogP contribution in [0.2, 0.25) is 0 Å². The van der Waals surface area contributed by atoms with Crippen molar-refractivity contribution in [3.63, 3.8) is 0 Å². The molecule has 0 saturated carbocycles. The molecule has 1 unspecified atom stereocenters. The molecule has 1 fully saturated rings. The maximum absolute atomic E-state index is 12.6. The number of carbonyl (C=O) groups excluding carboxylic acids is 2. The van der Waals surface area contributed by atoms with E-state index in [1.807, 2.05) is 39.0 Å². The number of rotatable bonds is 9. The molecule has 1 aliphatic heterocycles. The topological polar surface area (TPSA) is 84.9 Å². The van der Waals surface area contributed by atoms with Crippen molar-refractivity contribution in [2.24, 2.45) is 0 Å². The summed E-state index contributed by atoms with van der Waals surface area (Å²) in [6, 6.07) is 7.71. The molecule has 9 heteroatoms. The van der Waals surface area contributed by atoms with Crippen molar-refractivity contribution in [2.75, 3.05) is 25.1 Å². The summed E-state index contributed by atoms with van der Waals surface area (Å²) in [6.07, 6.45) is 2.03. The van der Waals surface area contributed by atoms with Crippen LogP contribution in [0.1, 0.15) is 57.5 Å². The van der Waals surface area contributed by atoms with Gasteiger partial charge in [0.05, 0.1) is 13.2 Å². The highest BCUT2D eigenvalue weighted by atomic mass is 32.1. The molecule has 2 amide bonds. The Hall–Kier alpha value is -2.68. The van der Waals surface area contributed by atoms with Crippen molar-refractivity contribution in [1.29, 1.82) is 0 Å². The van der Waals surface area contributed by atoms with Gasteiger partial charge in [0.15, 0.2) is 0 Å². The number of aryl methyl sites for hydroxylation is 1. The molecule has 32 heavy (non-hydrogen) atoms. The Morgan fingerprint density at radius 3 is 2.69 bits per heavy atom. The molecule has 2 aromatic rings. The highest BCUT2D eigenvalue weighted by Gasteiger charge is 2.41. The summed E-state index contributed by atoms with van der Waals surface area (Å²) in [7, 11) is 1.68. The average Bonchev–Trinajstić information content (AvgIpc) is 3.32. The van der Waals surface area contributed by atoms with Gasteiger partial charge in [0, 0.05) is 18.9 Å². The van der Waals surface area contributed by atoms with Crippen LogP contribution in [0.25, 0.3) is 0 Å². The number of benzene rings is 1. The summed E-state index contributed by atoms with van der Waals surface area (Å²) in [4.78, 5) is 28.0. The molecule has 3 rings (SSSR count). The third-order valence-corrected chi connectivity index (χ3v) is 6.40. The van der Waals surface area contributed by atoms with E-state index in [1.165, 1.54) is 26.7 Å². The quantitative estimate of drug-likeness (QED) is 0.408. The predicted octanol–water partition coefficient (Wildman–Crippen LogP) is 4.39. The maximum atomic E-state index is 12.6. The number of amides is 2. The molecule has 1 aromatic heterocycles. The molecule has 1 atom stereocenters. The summed E-state index contributed by atoms with van der Waals surface area (Å²) in [5.41, 5.74) is 0.999. The van der Waals surface area contributed by atoms with E-state index in [-0.39, 0.29) is 30.4 Å². The summed E-state index contributed by atoms with van der Waals surface area (Å²) >= 11 is 1.34. The Kier molecular flexibility index (Phi) is 7.71. The molecule has 1 saturated heterocycles. The van der Waals surface area contributed by atoms with Crippen LogP contribution in [-0.2, 0) is 21.4 Å². The molecule has 0 bridgehead atoms. The summed E-state index contributed by atoms with van der Waals surface area (Å²) in [5, 5.41) is 9.65. The van der Waals surface area contributed by atoms with Crippen molar-refractivity contribution in [1.82, 2.24) is 15.1 Å². The number of aromatic nitrogens is 2. The van der Waals surface area contributed by atoms with E-state index >= 15 is 0 Å². The van der Waals surface area contributed by atoms with Gasteiger partial charge in [0.2, 0.25) is 11.4 Å². The lowest BCUT2D eigenvalue weighted by Gasteiger charge is -2.20. The number of likely N-dealkylation sites (N-methyl/N-ethyl adjacent to an activating group) is 1. The summed E-state index contributed by atoms with van der Waals surface area (Å²) < 4.78 is 11.5.